The van der Waals surface area contributed by atoms with Gasteiger partial charge in [-0.1, -0.05) is 6.92 Å². The molecule has 4 heteroatoms. The molecule has 0 spiro atoms. The molecule has 3 N–H and O–H groups in total. The molecule has 0 aromatic rings. The molecule has 4 unspecified atom stereocenters. The summed E-state index contributed by atoms with van der Waals surface area (Å²) < 4.78 is 4.67. The minimum atomic E-state index is -1.17. The molecule has 4 nitrogen and oxygen atoms in total. The van der Waals surface area contributed by atoms with Gasteiger partial charge in [0, 0.05) is 5.92 Å². The topological polar surface area (TPSA) is 69.9 Å². The number of ether oxygens (including phenoxy) is 1. The average Bonchev–Trinajstić information content (AvgIpc) is 1.99. The molecule has 0 bridgehead atoms. The highest BCUT2D eigenvalue weighted by Gasteiger charge is 2.36. The first-order valence-corrected chi connectivity index (χ1v) is 3.62. The smallest absolute Gasteiger partial charge is 0.181 e. The highest BCUT2D eigenvalue weighted by Crippen LogP contribution is 2.21. The van der Waals surface area contributed by atoms with Crippen LogP contribution in [0.3, 0.4) is 0 Å². The molecule has 1 heterocycles. The highest BCUT2D eigenvalue weighted by molar-refractivity contribution is 4.89. The van der Waals surface area contributed by atoms with Crippen LogP contribution in [0.2, 0.25) is 0 Å². The molecule has 11 heavy (non-hydrogen) atoms. The van der Waals surface area contributed by atoms with E-state index in [1.54, 1.807) is 13.3 Å². The Hall–Kier alpha value is -0.160. The Balaban J connectivity index is 2.55. The van der Waals surface area contributed by atoms with Gasteiger partial charge in [-0.2, -0.15) is 0 Å². The highest BCUT2D eigenvalue weighted by atomic mass is 16.6. The second kappa shape index (κ2) is 3.49. The summed E-state index contributed by atoms with van der Waals surface area (Å²) in [6, 6.07) is 0. The van der Waals surface area contributed by atoms with Crippen molar-refractivity contribution in [2.75, 3.05) is 6.61 Å². The summed E-state index contributed by atoms with van der Waals surface area (Å²) in [7, 11) is 0. The van der Waals surface area contributed by atoms with Gasteiger partial charge < -0.3 is 20.1 Å². The van der Waals surface area contributed by atoms with Crippen molar-refractivity contribution in [3.63, 3.8) is 0 Å². The van der Waals surface area contributed by atoms with Crippen molar-refractivity contribution >= 4 is 0 Å². The van der Waals surface area contributed by atoms with Crippen molar-refractivity contribution in [3.05, 3.63) is 6.42 Å². The number of hydrogen-bond donors (Lipinski definition) is 3. The van der Waals surface area contributed by atoms with Gasteiger partial charge in [0.2, 0.25) is 0 Å². The van der Waals surface area contributed by atoms with E-state index in [1.807, 2.05) is 0 Å². The summed E-state index contributed by atoms with van der Waals surface area (Å²) in [4.78, 5) is 0. The first-order valence-electron chi connectivity index (χ1n) is 3.62. The second-order valence-corrected chi connectivity index (χ2v) is 2.69. The van der Waals surface area contributed by atoms with E-state index in [-0.39, 0.29) is 6.61 Å². The van der Waals surface area contributed by atoms with Crippen LogP contribution in [0.25, 0.3) is 0 Å². The lowest BCUT2D eigenvalue weighted by Gasteiger charge is -2.34. The fourth-order valence-electron chi connectivity index (χ4n) is 1.24. The summed E-state index contributed by atoms with van der Waals surface area (Å²) in [6.07, 6.45) is -1.22. The Labute approximate surface area is 65.4 Å². The van der Waals surface area contributed by atoms with Crippen LogP contribution in [0.15, 0.2) is 0 Å². The van der Waals surface area contributed by atoms with Crippen LogP contribution in [-0.2, 0) is 4.74 Å². The second-order valence-electron chi connectivity index (χ2n) is 2.69. The van der Waals surface area contributed by atoms with E-state index in [9.17, 15) is 10.2 Å². The van der Waals surface area contributed by atoms with Gasteiger partial charge >= 0.3 is 0 Å². The van der Waals surface area contributed by atoms with Gasteiger partial charge in [-0.05, 0) is 6.42 Å². The lowest BCUT2D eigenvalue weighted by molar-refractivity contribution is -0.230. The molecule has 1 fully saturated rings. The number of hydrogen-bond acceptors (Lipinski definition) is 4. The van der Waals surface area contributed by atoms with Gasteiger partial charge in [0.05, 0.1) is 12.7 Å². The largest absolute Gasteiger partial charge is 0.390 e. The number of aliphatic hydroxyl groups is 3. The van der Waals surface area contributed by atoms with Crippen molar-refractivity contribution in [1.29, 1.82) is 0 Å². The zero-order valence-electron chi connectivity index (χ0n) is 6.34. The Morgan fingerprint density at radius 1 is 1.36 bits per heavy atom. The third kappa shape index (κ3) is 1.70. The van der Waals surface area contributed by atoms with Gasteiger partial charge in [0.1, 0.15) is 6.10 Å². The predicted octanol–water partition coefficient (Wildman–Crippen LogP) is -1.10. The van der Waals surface area contributed by atoms with Crippen molar-refractivity contribution in [1.82, 2.24) is 0 Å². The van der Waals surface area contributed by atoms with Gasteiger partial charge in [-0.25, -0.2) is 0 Å². The van der Waals surface area contributed by atoms with E-state index >= 15 is 0 Å². The molecule has 1 aliphatic heterocycles. The third-order valence-corrected chi connectivity index (χ3v) is 1.95. The summed E-state index contributed by atoms with van der Waals surface area (Å²) >= 11 is 0. The first-order chi connectivity index (χ1) is 5.16. The molecule has 0 aliphatic carbocycles. The molecule has 0 amide bonds. The SMILES string of the molecule is C[CH]C1C(O)COC(O)C1O. The Morgan fingerprint density at radius 2 is 2.00 bits per heavy atom. The number of aliphatic hydroxyl groups excluding tert-OH is 3. The van der Waals surface area contributed by atoms with E-state index in [0.29, 0.717) is 0 Å². The third-order valence-electron chi connectivity index (χ3n) is 1.95. The van der Waals surface area contributed by atoms with Crippen molar-refractivity contribution in [2.24, 2.45) is 5.92 Å². The van der Waals surface area contributed by atoms with Crippen LogP contribution in [0.4, 0.5) is 0 Å². The summed E-state index contributed by atoms with van der Waals surface area (Å²) in [5, 5.41) is 27.5. The monoisotopic (exact) mass is 161 g/mol. The van der Waals surface area contributed by atoms with Crippen LogP contribution in [-0.4, -0.2) is 40.4 Å². The summed E-state index contributed by atoms with van der Waals surface area (Å²) in [5.41, 5.74) is 0. The van der Waals surface area contributed by atoms with Crippen LogP contribution in [0, 0.1) is 12.3 Å². The van der Waals surface area contributed by atoms with E-state index < -0.39 is 24.4 Å². The molecular weight excluding hydrogens is 148 g/mol. The molecule has 0 saturated carbocycles. The lowest BCUT2D eigenvalue weighted by Crippen LogP contribution is -2.48. The van der Waals surface area contributed by atoms with Gasteiger partial charge in [0.25, 0.3) is 0 Å². The molecule has 65 valence electrons. The summed E-state index contributed by atoms with van der Waals surface area (Å²) in [6.45, 7) is 1.81. The Kier molecular flexibility index (Phi) is 2.84. The minimum Gasteiger partial charge on any atom is -0.390 e. The average molecular weight is 161 g/mol. The quantitative estimate of drug-likeness (QED) is 0.456. The zero-order valence-corrected chi connectivity index (χ0v) is 6.34. The standard InChI is InChI=1S/C7H13O4/c1-2-4-5(8)3-11-7(10)6(4)9/h2,4-10H,3H2,1H3. The van der Waals surface area contributed by atoms with Crippen LogP contribution >= 0.6 is 0 Å². The Morgan fingerprint density at radius 3 is 2.45 bits per heavy atom. The molecule has 4 atom stereocenters. The summed E-state index contributed by atoms with van der Waals surface area (Å²) in [5.74, 6) is -0.390. The van der Waals surface area contributed by atoms with E-state index in [1.165, 1.54) is 0 Å². The van der Waals surface area contributed by atoms with E-state index in [4.69, 9.17) is 5.11 Å². The van der Waals surface area contributed by atoms with Crippen molar-refractivity contribution < 1.29 is 20.1 Å². The number of rotatable bonds is 1. The first kappa shape index (κ1) is 8.93. The molecule has 1 saturated heterocycles. The molecule has 1 aliphatic rings. The van der Waals surface area contributed by atoms with Gasteiger partial charge in [-0.3, -0.25) is 0 Å². The Bertz CT molecular complexity index is 128. The fourth-order valence-corrected chi connectivity index (χ4v) is 1.24. The van der Waals surface area contributed by atoms with Crippen LogP contribution in [0.5, 0.6) is 0 Å². The fraction of sp³-hybridized carbons (Fsp3) is 0.857. The minimum absolute atomic E-state index is 0.0766. The maximum Gasteiger partial charge on any atom is 0.181 e. The van der Waals surface area contributed by atoms with Crippen molar-refractivity contribution in [3.8, 4) is 0 Å². The van der Waals surface area contributed by atoms with Crippen LogP contribution < -0.4 is 0 Å². The van der Waals surface area contributed by atoms with E-state index in [2.05, 4.69) is 4.74 Å². The maximum atomic E-state index is 9.24. The molecule has 1 rings (SSSR count). The molecule has 0 aromatic heterocycles. The maximum absolute atomic E-state index is 9.24. The lowest BCUT2D eigenvalue weighted by atomic mass is 9.91. The van der Waals surface area contributed by atoms with Crippen LogP contribution in [0.1, 0.15) is 6.92 Å². The normalized spacial score (nSPS) is 45.8. The van der Waals surface area contributed by atoms with Gasteiger partial charge in [0.15, 0.2) is 6.29 Å². The van der Waals surface area contributed by atoms with E-state index in [0.717, 1.165) is 0 Å². The van der Waals surface area contributed by atoms with Gasteiger partial charge in [-0.15, -0.1) is 0 Å². The van der Waals surface area contributed by atoms with Crippen molar-refractivity contribution in [2.45, 2.75) is 25.4 Å². The zero-order chi connectivity index (χ0) is 8.43. The predicted molar refractivity (Wildman–Crippen MR) is 37.4 cm³/mol. The molecule has 0 aromatic carbocycles. The molecule has 1 radical (unpaired) electrons. The molecular formula is C7H13O4.